The van der Waals surface area contributed by atoms with Crippen molar-refractivity contribution in [2.24, 2.45) is 0 Å². The first-order valence-corrected chi connectivity index (χ1v) is 12.7. The second-order valence-electron chi connectivity index (χ2n) is 9.22. The zero-order valence-electron chi connectivity index (χ0n) is 21.0. The number of para-hydroxylation sites is 4. The fraction of sp³-hybridized carbons (Fsp3) is 0.0909. The zero-order valence-corrected chi connectivity index (χ0v) is 21.0. The van der Waals surface area contributed by atoms with E-state index in [9.17, 15) is 9.59 Å². The number of ether oxygens (including phenoxy) is 3. The lowest BCUT2D eigenvalue weighted by Gasteiger charge is -2.31. The molecule has 0 bridgehead atoms. The van der Waals surface area contributed by atoms with Crippen LogP contribution in [-0.2, 0) is 27.3 Å². The van der Waals surface area contributed by atoms with E-state index in [1.54, 1.807) is 24.3 Å². The Morgan fingerprint density at radius 1 is 0.667 bits per heavy atom. The van der Waals surface area contributed by atoms with E-state index in [1.165, 1.54) is 4.90 Å². The summed E-state index contributed by atoms with van der Waals surface area (Å²) in [7, 11) is 0. The summed E-state index contributed by atoms with van der Waals surface area (Å²) in [5, 5.41) is 2.12. The molecule has 0 radical (unpaired) electrons. The lowest BCUT2D eigenvalue weighted by Crippen LogP contribution is -2.37. The molecule has 1 atom stereocenters. The van der Waals surface area contributed by atoms with Crippen LogP contribution in [0.2, 0.25) is 0 Å². The Morgan fingerprint density at radius 3 is 2.00 bits per heavy atom. The minimum absolute atomic E-state index is 0.0780. The highest BCUT2D eigenvalue weighted by Gasteiger charge is 2.34. The molecule has 0 saturated heterocycles. The predicted molar refractivity (Wildman–Crippen MR) is 149 cm³/mol. The van der Waals surface area contributed by atoms with Crippen molar-refractivity contribution in [2.45, 2.75) is 19.1 Å². The van der Waals surface area contributed by atoms with Gasteiger partial charge in [0.1, 0.15) is 6.61 Å². The van der Waals surface area contributed by atoms with Crippen LogP contribution in [0.25, 0.3) is 10.8 Å². The number of fused-ring (bicyclic) bond motifs is 3. The third-order valence-corrected chi connectivity index (χ3v) is 6.58. The number of hydrogen-bond donors (Lipinski definition) is 0. The molecule has 0 aliphatic carbocycles. The summed E-state index contributed by atoms with van der Waals surface area (Å²) in [6, 6.07) is 37.7. The van der Waals surface area contributed by atoms with Gasteiger partial charge in [0.05, 0.1) is 11.4 Å². The normalized spacial score (nSPS) is 12.6. The van der Waals surface area contributed by atoms with E-state index in [2.05, 4.69) is 0 Å². The molecule has 6 nitrogen and oxygen atoms in total. The van der Waals surface area contributed by atoms with Crippen molar-refractivity contribution in [3.63, 3.8) is 0 Å². The van der Waals surface area contributed by atoms with Gasteiger partial charge < -0.3 is 14.2 Å². The van der Waals surface area contributed by atoms with Gasteiger partial charge in [-0.3, -0.25) is 0 Å². The minimum Gasteiger partial charge on any atom is -0.458 e. The van der Waals surface area contributed by atoms with Crippen LogP contribution in [0.4, 0.5) is 16.2 Å². The second kappa shape index (κ2) is 10.7. The van der Waals surface area contributed by atoms with E-state index < -0.39 is 18.2 Å². The average molecular weight is 516 g/mol. The first-order valence-electron chi connectivity index (χ1n) is 12.7. The molecule has 1 aliphatic heterocycles. The Balaban J connectivity index is 1.30. The molecule has 0 saturated carbocycles. The average Bonchev–Trinajstić information content (AvgIpc) is 2.98. The van der Waals surface area contributed by atoms with Crippen LogP contribution in [-0.4, -0.2) is 18.2 Å². The van der Waals surface area contributed by atoms with Gasteiger partial charge in [-0.25, -0.2) is 14.5 Å². The van der Waals surface area contributed by atoms with Gasteiger partial charge in [0.25, 0.3) is 0 Å². The predicted octanol–water partition coefficient (Wildman–Crippen LogP) is 7.57. The molecule has 1 heterocycles. The quantitative estimate of drug-likeness (QED) is 0.218. The van der Waals surface area contributed by atoms with Crippen molar-refractivity contribution in [3.05, 3.63) is 132 Å². The maximum absolute atomic E-state index is 13.8. The second-order valence-corrected chi connectivity index (χ2v) is 9.22. The van der Waals surface area contributed by atoms with Crippen molar-refractivity contribution in [3.8, 4) is 11.5 Å². The van der Waals surface area contributed by atoms with Gasteiger partial charge in [0, 0.05) is 6.42 Å². The third kappa shape index (κ3) is 5.18. The molecule has 0 unspecified atom stereocenters. The van der Waals surface area contributed by atoms with Gasteiger partial charge in [-0.2, -0.15) is 0 Å². The highest BCUT2D eigenvalue weighted by atomic mass is 16.6. The number of amides is 1. The summed E-state index contributed by atoms with van der Waals surface area (Å²) in [5.74, 6) is 0.423. The highest BCUT2D eigenvalue weighted by Crippen LogP contribution is 2.46. The number of nitrogens with zero attached hydrogens (tertiary/aromatic N) is 1. The van der Waals surface area contributed by atoms with Crippen LogP contribution in [0.5, 0.6) is 11.5 Å². The molecule has 0 spiro atoms. The molecule has 39 heavy (non-hydrogen) atoms. The Bertz CT molecular complexity index is 1600. The number of rotatable bonds is 6. The molecular formula is C33H25NO5. The van der Waals surface area contributed by atoms with E-state index in [-0.39, 0.29) is 13.0 Å². The van der Waals surface area contributed by atoms with Crippen molar-refractivity contribution < 1.29 is 23.8 Å². The molecule has 0 fully saturated rings. The lowest BCUT2D eigenvalue weighted by molar-refractivity contribution is -0.154. The lowest BCUT2D eigenvalue weighted by atomic mass is 10.0. The van der Waals surface area contributed by atoms with E-state index in [1.807, 2.05) is 97.1 Å². The molecule has 5 aromatic carbocycles. The third-order valence-electron chi connectivity index (χ3n) is 6.58. The Kier molecular flexibility index (Phi) is 6.66. The SMILES string of the molecule is O=C(OCc1ccccc1)[C@@H](Cc1ccc2ccccc2c1)OC(=O)N1c2ccccc2Oc2ccccc21. The molecule has 192 valence electrons. The molecule has 1 aliphatic rings. The molecule has 5 aromatic rings. The molecule has 0 N–H and O–H groups in total. The van der Waals surface area contributed by atoms with Gasteiger partial charge in [-0.15, -0.1) is 0 Å². The fourth-order valence-electron chi connectivity index (χ4n) is 4.65. The van der Waals surface area contributed by atoms with Gasteiger partial charge in [-0.05, 0) is 46.2 Å². The van der Waals surface area contributed by atoms with Crippen LogP contribution in [0.3, 0.4) is 0 Å². The van der Waals surface area contributed by atoms with Gasteiger partial charge in [-0.1, -0.05) is 97.1 Å². The molecular weight excluding hydrogens is 490 g/mol. The van der Waals surface area contributed by atoms with Crippen molar-refractivity contribution in [1.29, 1.82) is 0 Å². The molecule has 0 aromatic heterocycles. The zero-order chi connectivity index (χ0) is 26.6. The van der Waals surface area contributed by atoms with Gasteiger partial charge >= 0.3 is 12.1 Å². The van der Waals surface area contributed by atoms with E-state index in [0.29, 0.717) is 22.9 Å². The van der Waals surface area contributed by atoms with E-state index in [0.717, 1.165) is 21.9 Å². The van der Waals surface area contributed by atoms with Crippen molar-refractivity contribution in [1.82, 2.24) is 0 Å². The fourth-order valence-corrected chi connectivity index (χ4v) is 4.65. The highest BCUT2D eigenvalue weighted by molar-refractivity contribution is 6.01. The maximum Gasteiger partial charge on any atom is 0.420 e. The summed E-state index contributed by atoms with van der Waals surface area (Å²) >= 11 is 0. The summed E-state index contributed by atoms with van der Waals surface area (Å²) in [6.45, 7) is 0.0780. The Hall–Kier alpha value is -5.10. The van der Waals surface area contributed by atoms with Crippen LogP contribution < -0.4 is 9.64 Å². The number of benzene rings is 5. The molecule has 1 amide bonds. The molecule has 6 heteroatoms. The monoisotopic (exact) mass is 515 g/mol. The van der Waals surface area contributed by atoms with Crippen molar-refractivity contribution >= 4 is 34.2 Å². The topological polar surface area (TPSA) is 65.1 Å². The Labute approximate surface area is 226 Å². The first kappa shape index (κ1) is 24.2. The first-order chi connectivity index (χ1) is 19.2. The van der Waals surface area contributed by atoms with Crippen LogP contribution in [0.1, 0.15) is 11.1 Å². The number of hydrogen-bond acceptors (Lipinski definition) is 5. The van der Waals surface area contributed by atoms with Crippen LogP contribution in [0, 0.1) is 0 Å². The summed E-state index contributed by atoms with van der Waals surface area (Å²) in [4.78, 5) is 28.5. The number of esters is 1. The standard InChI is InChI=1S/C33H25NO5/c35-32(37-22-23-10-2-1-3-11-23)31(21-24-18-19-25-12-4-5-13-26(25)20-24)39-33(36)34-27-14-6-8-16-29(27)38-30-17-9-7-15-28(30)34/h1-20,31H,21-22H2/t31-/m1/s1. The van der Waals surface area contributed by atoms with Crippen LogP contribution in [0.15, 0.2) is 121 Å². The number of carbonyl (C=O) groups excluding carboxylic acids is 2. The van der Waals surface area contributed by atoms with Gasteiger partial charge in [0.2, 0.25) is 6.10 Å². The Morgan fingerprint density at radius 2 is 1.28 bits per heavy atom. The van der Waals surface area contributed by atoms with Crippen molar-refractivity contribution in [2.75, 3.05) is 4.90 Å². The largest absolute Gasteiger partial charge is 0.458 e. The number of carbonyl (C=O) groups is 2. The van der Waals surface area contributed by atoms with Crippen LogP contribution >= 0.6 is 0 Å². The maximum atomic E-state index is 13.8. The summed E-state index contributed by atoms with van der Waals surface area (Å²) < 4.78 is 17.5. The minimum atomic E-state index is -1.16. The summed E-state index contributed by atoms with van der Waals surface area (Å²) in [5.41, 5.74) is 2.76. The number of anilines is 2. The van der Waals surface area contributed by atoms with E-state index >= 15 is 0 Å². The van der Waals surface area contributed by atoms with Gasteiger partial charge in [0.15, 0.2) is 11.5 Å². The summed E-state index contributed by atoms with van der Waals surface area (Å²) in [6.07, 6.45) is -1.69. The molecule has 6 rings (SSSR count). The van der Waals surface area contributed by atoms with E-state index in [4.69, 9.17) is 14.2 Å². The smallest absolute Gasteiger partial charge is 0.420 e.